The second-order valence-electron chi connectivity index (χ2n) is 10.0. The predicted octanol–water partition coefficient (Wildman–Crippen LogP) is 4.22. The van der Waals surface area contributed by atoms with Crippen LogP contribution in [0.5, 0.6) is 5.75 Å². The Hall–Kier alpha value is -2.96. The average Bonchev–Trinajstić information content (AvgIpc) is 3.49. The SMILES string of the molecule is CC1(C)C[C@@H](Nc2nc(Nc3ccc(O[C@@H]4CCOC4)c(C#N)c3)ncc2F)C[C@H]2CCCN21. The quantitative estimate of drug-likeness (QED) is 0.654. The van der Waals surface area contributed by atoms with Crippen molar-refractivity contribution in [1.29, 1.82) is 5.26 Å². The number of aromatic nitrogens is 2. The number of nitrogens with zero attached hydrogens (tertiary/aromatic N) is 4. The van der Waals surface area contributed by atoms with Crippen molar-refractivity contribution >= 4 is 17.5 Å². The Morgan fingerprint density at radius 3 is 3.00 bits per heavy atom. The fraction of sp³-hybridized carbons (Fsp3) is 0.560. The number of nitriles is 1. The number of hydrogen-bond donors (Lipinski definition) is 2. The molecule has 2 aromatic rings. The molecular weight excluding hydrogens is 435 g/mol. The van der Waals surface area contributed by atoms with Gasteiger partial charge in [-0.15, -0.1) is 0 Å². The van der Waals surface area contributed by atoms with Crippen LogP contribution in [0.25, 0.3) is 0 Å². The molecule has 0 spiro atoms. The minimum Gasteiger partial charge on any atom is -0.487 e. The average molecular weight is 467 g/mol. The first-order chi connectivity index (χ1) is 16.4. The Kier molecular flexibility index (Phi) is 6.28. The van der Waals surface area contributed by atoms with Gasteiger partial charge in [0.05, 0.1) is 25.0 Å². The van der Waals surface area contributed by atoms with E-state index in [2.05, 4.69) is 45.4 Å². The largest absolute Gasteiger partial charge is 0.487 e. The summed E-state index contributed by atoms with van der Waals surface area (Å²) in [5.41, 5.74) is 1.11. The molecule has 180 valence electrons. The number of fused-ring (bicyclic) bond motifs is 1. The Labute approximate surface area is 199 Å². The zero-order valence-corrected chi connectivity index (χ0v) is 19.7. The van der Waals surface area contributed by atoms with Gasteiger partial charge in [-0.25, -0.2) is 9.37 Å². The van der Waals surface area contributed by atoms with Gasteiger partial charge in [0.15, 0.2) is 11.6 Å². The van der Waals surface area contributed by atoms with Crippen LogP contribution in [0.4, 0.5) is 21.8 Å². The zero-order valence-electron chi connectivity index (χ0n) is 19.7. The second kappa shape index (κ2) is 9.35. The third-order valence-corrected chi connectivity index (χ3v) is 7.08. The zero-order chi connectivity index (χ0) is 23.7. The minimum absolute atomic E-state index is 0.0407. The first-order valence-corrected chi connectivity index (χ1v) is 12.0. The number of rotatable bonds is 6. The van der Waals surface area contributed by atoms with E-state index in [1.807, 2.05) is 0 Å². The highest BCUT2D eigenvalue weighted by Crippen LogP contribution is 2.38. The molecule has 3 atom stereocenters. The number of nitrogens with one attached hydrogen (secondary N) is 2. The van der Waals surface area contributed by atoms with E-state index < -0.39 is 5.82 Å². The number of hydrogen-bond acceptors (Lipinski definition) is 8. The monoisotopic (exact) mass is 466 g/mol. The van der Waals surface area contributed by atoms with Gasteiger partial charge in [-0.3, -0.25) is 4.90 Å². The summed E-state index contributed by atoms with van der Waals surface area (Å²) in [5, 5.41) is 16.0. The van der Waals surface area contributed by atoms with Gasteiger partial charge in [-0.2, -0.15) is 10.2 Å². The molecule has 0 bridgehead atoms. The number of anilines is 3. The Balaban J connectivity index is 1.29. The molecule has 0 radical (unpaired) electrons. The molecule has 4 heterocycles. The summed E-state index contributed by atoms with van der Waals surface area (Å²) in [4.78, 5) is 11.1. The first kappa shape index (κ1) is 22.8. The molecule has 34 heavy (non-hydrogen) atoms. The molecule has 3 fully saturated rings. The molecule has 2 N–H and O–H groups in total. The van der Waals surface area contributed by atoms with Crippen molar-refractivity contribution in [2.75, 3.05) is 30.4 Å². The first-order valence-electron chi connectivity index (χ1n) is 12.0. The van der Waals surface area contributed by atoms with Crippen molar-refractivity contribution in [3.63, 3.8) is 0 Å². The van der Waals surface area contributed by atoms with Crippen LogP contribution < -0.4 is 15.4 Å². The highest BCUT2D eigenvalue weighted by molar-refractivity contribution is 5.61. The van der Waals surface area contributed by atoms with Crippen LogP contribution in [-0.2, 0) is 4.74 Å². The van der Waals surface area contributed by atoms with E-state index in [-0.39, 0.29) is 29.5 Å². The number of piperidine rings is 1. The fourth-order valence-corrected chi connectivity index (χ4v) is 5.55. The van der Waals surface area contributed by atoms with Gasteiger partial charge >= 0.3 is 0 Å². The van der Waals surface area contributed by atoms with Crippen LogP contribution in [0.1, 0.15) is 51.5 Å². The number of halogens is 1. The van der Waals surface area contributed by atoms with E-state index in [0.29, 0.717) is 36.3 Å². The van der Waals surface area contributed by atoms with Gasteiger partial charge in [0.25, 0.3) is 0 Å². The lowest BCUT2D eigenvalue weighted by molar-refractivity contribution is 0.0500. The van der Waals surface area contributed by atoms with Crippen LogP contribution in [0.15, 0.2) is 24.4 Å². The standard InChI is InChI=1S/C25H31FN6O2/c1-25(2)12-18(11-19-4-3-8-32(19)25)29-23-21(26)14-28-24(31-23)30-17-5-6-22(16(10-17)13-27)34-20-7-9-33-15-20/h5-6,10,14,18-20H,3-4,7-9,11-12,15H2,1-2H3,(H2,28,29,30,31)/t18-,19+,20+/m0/s1. The molecule has 3 saturated heterocycles. The van der Waals surface area contributed by atoms with Crippen LogP contribution >= 0.6 is 0 Å². The third kappa shape index (κ3) is 4.79. The molecule has 3 aliphatic heterocycles. The van der Waals surface area contributed by atoms with Gasteiger partial charge in [0.1, 0.15) is 17.9 Å². The molecule has 0 saturated carbocycles. The highest BCUT2D eigenvalue weighted by Gasteiger charge is 2.43. The summed E-state index contributed by atoms with van der Waals surface area (Å²) in [6.07, 6.45) is 6.26. The van der Waals surface area contributed by atoms with Crippen molar-refractivity contribution in [1.82, 2.24) is 14.9 Å². The summed E-state index contributed by atoms with van der Waals surface area (Å²) in [7, 11) is 0. The van der Waals surface area contributed by atoms with Gasteiger partial charge < -0.3 is 20.1 Å². The molecule has 1 aromatic heterocycles. The second-order valence-corrected chi connectivity index (χ2v) is 10.0. The molecule has 8 nitrogen and oxygen atoms in total. The van der Waals surface area contributed by atoms with Crippen LogP contribution in [0, 0.1) is 17.1 Å². The van der Waals surface area contributed by atoms with E-state index in [0.717, 1.165) is 25.8 Å². The molecule has 0 amide bonds. The molecule has 1 aromatic carbocycles. The lowest BCUT2D eigenvalue weighted by Gasteiger charge is -2.47. The van der Waals surface area contributed by atoms with E-state index in [4.69, 9.17) is 9.47 Å². The van der Waals surface area contributed by atoms with Crippen LogP contribution in [0.3, 0.4) is 0 Å². The topological polar surface area (TPSA) is 95.3 Å². The summed E-state index contributed by atoms with van der Waals surface area (Å²) in [6.45, 7) is 6.87. The summed E-state index contributed by atoms with van der Waals surface area (Å²) in [6, 6.07) is 8.08. The van der Waals surface area contributed by atoms with Crippen molar-refractivity contribution in [2.24, 2.45) is 0 Å². The lowest BCUT2D eigenvalue weighted by Crippen LogP contribution is -2.55. The third-order valence-electron chi connectivity index (χ3n) is 7.08. The lowest BCUT2D eigenvalue weighted by atomic mass is 9.84. The Bertz CT molecular complexity index is 1080. The molecular formula is C25H31FN6O2. The summed E-state index contributed by atoms with van der Waals surface area (Å²) >= 11 is 0. The van der Waals surface area contributed by atoms with Crippen molar-refractivity contribution < 1.29 is 13.9 Å². The normalized spacial score (nSPS) is 26.0. The predicted molar refractivity (Wildman–Crippen MR) is 127 cm³/mol. The van der Waals surface area contributed by atoms with Crippen molar-refractivity contribution in [3.05, 3.63) is 35.8 Å². The molecule has 0 aliphatic carbocycles. The van der Waals surface area contributed by atoms with Gasteiger partial charge in [-0.1, -0.05) is 0 Å². The van der Waals surface area contributed by atoms with Gasteiger partial charge in [0, 0.05) is 29.7 Å². The summed E-state index contributed by atoms with van der Waals surface area (Å²) < 4.78 is 25.8. The van der Waals surface area contributed by atoms with Crippen LogP contribution in [-0.4, -0.2) is 58.4 Å². The Morgan fingerprint density at radius 2 is 2.21 bits per heavy atom. The highest BCUT2D eigenvalue weighted by atomic mass is 19.1. The number of ether oxygens (including phenoxy) is 2. The van der Waals surface area contributed by atoms with Gasteiger partial charge in [-0.05, 0) is 64.3 Å². The van der Waals surface area contributed by atoms with Crippen LogP contribution in [0.2, 0.25) is 0 Å². The van der Waals surface area contributed by atoms with Crippen molar-refractivity contribution in [2.45, 2.75) is 69.7 Å². The smallest absolute Gasteiger partial charge is 0.229 e. The van der Waals surface area contributed by atoms with Crippen molar-refractivity contribution in [3.8, 4) is 11.8 Å². The molecule has 0 unspecified atom stereocenters. The molecule has 5 rings (SSSR count). The Morgan fingerprint density at radius 1 is 1.32 bits per heavy atom. The maximum atomic E-state index is 14.6. The maximum absolute atomic E-state index is 14.6. The van der Waals surface area contributed by atoms with E-state index in [1.165, 1.54) is 19.0 Å². The molecule has 9 heteroatoms. The summed E-state index contributed by atoms with van der Waals surface area (Å²) in [5.74, 6) is 0.513. The van der Waals surface area contributed by atoms with Gasteiger partial charge in [0.2, 0.25) is 5.95 Å². The van der Waals surface area contributed by atoms with E-state index >= 15 is 0 Å². The molecule has 3 aliphatic rings. The minimum atomic E-state index is -0.475. The van der Waals surface area contributed by atoms with E-state index in [9.17, 15) is 9.65 Å². The maximum Gasteiger partial charge on any atom is 0.229 e. The number of benzene rings is 1. The fourth-order valence-electron chi connectivity index (χ4n) is 5.55. The van der Waals surface area contributed by atoms with E-state index in [1.54, 1.807) is 18.2 Å².